The van der Waals surface area contributed by atoms with Crippen LogP contribution in [0, 0.1) is 0 Å². The first-order chi connectivity index (χ1) is 10.9. The predicted octanol–water partition coefficient (Wildman–Crippen LogP) is 6.71. The van der Waals surface area contributed by atoms with E-state index >= 15 is 0 Å². The van der Waals surface area contributed by atoms with E-state index in [1.54, 1.807) is 0 Å². The Hall–Kier alpha value is -2.08. The topological polar surface area (TPSA) is 0 Å². The number of aryl methyl sites for hydroxylation is 1. The lowest BCUT2D eigenvalue weighted by molar-refractivity contribution is 0.667. The highest BCUT2D eigenvalue weighted by atomic mass is 14.1. The van der Waals surface area contributed by atoms with Crippen LogP contribution in [0.3, 0.4) is 0 Å². The summed E-state index contributed by atoms with van der Waals surface area (Å²) in [5, 5.41) is 8.36. The van der Waals surface area contributed by atoms with E-state index in [4.69, 9.17) is 0 Å². The monoisotopic (exact) mass is 286 g/mol. The lowest BCUT2D eigenvalue weighted by Crippen LogP contribution is -1.89. The minimum absolute atomic E-state index is 1.20. The molecule has 0 amide bonds. The fourth-order valence-corrected chi connectivity index (χ4v) is 3.72. The summed E-state index contributed by atoms with van der Waals surface area (Å²) in [4.78, 5) is 0. The van der Waals surface area contributed by atoms with Crippen LogP contribution in [0.4, 0.5) is 0 Å². The van der Waals surface area contributed by atoms with E-state index in [1.165, 1.54) is 70.0 Å². The van der Waals surface area contributed by atoms with Crippen molar-refractivity contribution in [2.75, 3.05) is 0 Å². The van der Waals surface area contributed by atoms with Crippen LogP contribution in [0.25, 0.3) is 32.3 Å². The minimum atomic E-state index is 1.20. The molecule has 0 radical (unpaired) electrons. The summed E-state index contributed by atoms with van der Waals surface area (Å²) in [6.45, 7) is 2.27. The second-order valence-electron chi connectivity index (χ2n) is 6.44. The van der Waals surface area contributed by atoms with Crippen molar-refractivity contribution in [3.05, 3.63) is 60.2 Å². The van der Waals surface area contributed by atoms with Gasteiger partial charge in [0.15, 0.2) is 0 Å². The third kappa shape index (κ3) is 2.23. The first kappa shape index (κ1) is 13.6. The van der Waals surface area contributed by atoms with Gasteiger partial charge >= 0.3 is 0 Å². The van der Waals surface area contributed by atoms with E-state index < -0.39 is 0 Å². The van der Waals surface area contributed by atoms with Crippen molar-refractivity contribution in [2.24, 2.45) is 0 Å². The van der Waals surface area contributed by atoms with Crippen LogP contribution < -0.4 is 0 Å². The molecule has 0 aliphatic carbocycles. The molecular weight excluding hydrogens is 264 g/mol. The van der Waals surface area contributed by atoms with Gasteiger partial charge in [-0.2, -0.15) is 0 Å². The first-order valence-corrected chi connectivity index (χ1v) is 8.53. The molecule has 4 rings (SSSR count). The molecular formula is C22H22. The normalized spacial score (nSPS) is 11.9. The second kappa shape index (κ2) is 5.61. The second-order valence-corrected chi connectivity index (χ2v) is 6.44. The standard InChI is InChI=1S/C22H22/c1-2-3-4-5-7-16-14-19-12-10-17-8-6-9-18-11-13-20(15-16)22(19)21(17)18/h6,8-15H,2-5,7H2,1H3. The average Bonchev–Trinajstić information content (AvgIpc) is 2.56. The van der Waals surface area contributed by atoms with E-state index in [0.717, 1.165) is 0 Å². The molecule has 0 spiro atoms. The van der Waals surface area contributed by atoms with Gasteiger partial charge in [-0.25, -0.2) is 0 Å². The van der Waals surface area contributed by atoms with E-state index in [2.05, 4.69) is 61.5 Å². The van der Waals surface area contributed by atoms with Gasteiger partial charge in [0.25, 0.3) is 0 Å². The zero-order chi connectivity index (χ0) is 14.9. The lowest BCUT2D eigenvalue weighted by atomic mass is 9.92. The predicted molar refractivity (Wildman–Crippen MR) is 98.0 cm³/mol. The number of hydrogen-bond acceptors (Lipinski definition) is 0. The van der Waals surface area contributed by atoms with Crippen LogP contribution in [-0.4, -0.2) is 0 Å². The van der Waals surface area contributed by atoms with Crippen LogP contribution in [0.15, 0.2) is 54.6 Å². The molecule has 4 aromatic carbocycles. The van der Waals surface area contributed by atoms with Crippen molar-refractivity contribution in [1.29, 1.82) is 0 Å². The van der Waals surface area contributed by atoms with Crippen molar-refractivity contribution in [3.63, 3.8) is 0 Å². The highest BCUT2D eigenvalue weighted by Gasteiger charge is 2.08. The third-order valence-corrected chi connectivity index (χ3v) is 4.84. The molecule has 22 heavy (non-hydrogen) atoms. The molecule has 0 saturated carbocycles. The molecule has 0 bridgehead atoms. The van der Waals surface area contributed by atoms with E-state index in [0.29, 0.717) is 0 Å². The summed E-state index contributed by atoms with van der Waals surface area (Å²) in [6, 6.07) is 20.5. The van der Waals surface area contributed by atoms with Gasteiger partial charge in [-0.1, -0.05) is 80.8 Å². The molecule has 0 fully saturated rings. The molecule has 0 unspecified atom stereocenters. The molecule has 0 heterocycles. The average molecular weight is 286 g/mol. The van der Waals surface area contributed by atoms with Crippen molar-refractivity contribution >= 4 is 32.3 Å². The van der Waals surface area contributed by atoms with Crippen LogP contribution in [0.1, 0.15) is 38.2 Å². The summed E-state index contributed by atoms with van der Waals surface area (Å²) in [5.74, 6) is 0. The van der Waals surface area contributed by atoms with Crippen molar-refractivity contribution in [1.82, 2.24) is 0 Å². The van der Waals surface area contributed by atoms with Gasteiger partial charge in [-0.3, -0.25) is 0 Å². The fourth-order valence-electron chi connectivity index (χ4n) is 3.72. The molecule has 110 valence electrons. The fraction of sp³-hybridized carbons (Fsp3) is 0.273. The molecule has 0 aliphatic rings. The summed E-state index contributed by atoms with van der Waals surface area (Å²) < 4.78 is 0. The zero-order valence-electron chi connectivity index (χ0n) is 13.2. The van der Waals surface area contributed by atoms with Gasteiger partial charge in [0.2, 0.25) is 0 Å². The molecule has 0 atom stereocenters. The smallest absolute Gasteiger partial charge is 0.00266 e. The van der Waals surface area contributed by atoms with Crippen LogP contribution in [0.2, 0.25) is 0 Å². The zero-order valence-corrected chi connectivity index (χ0v) is 13.2. The Bertz CT molecular complexity index is 853. The molecule has 0 nitrogen and oxygen atoms in total. The maximum absolute atomic E-state index is 2.40. The third-order valence-electron chi connectivity index (χ3n) is 4.84. The molecule has 0 aromatic heterocycles. The Morgan fingerprint density at radius 3 is 1.86 bits per heavy atom. The number of rotatable bonds is 5. The summed E-state index contributed by atoms with van der Waals surface area (Å²) in [5.41, 5.74) is 1.49. The SMILES string of the molecule is CCCCCCc1cc2ccc3cccc4ccc(c1)c2c34. The summed E-state index contributed by atoms with van der Waals surface area (Å²) in [7, 11) is 0. The van der Waals surface area contributed by atoms with Gasteiger partial charge in [0, 0.05) is 0 Å². The Morgan fingerprint density at radius 1 is 0.636 bits per heavy atom. The Kier molecular flexibility index (Phi) is 3.46. The Morgan fingerprint density at radius 2 is 1.23 bits per heavy atom. The maximum Gasteiger partial charge on any atom is -0.00266 e. The largest absolute Gasteiger partial charge is 0.0654 e. The minimum Gasteiger partial charge on any atom is -0.0654 e. The van der Waals surface area contributed by atoms with Crippen molar-refractivity contribution in [2.45, 2.75) is 39.0 Å². The van der Waals surface area contributed by atoms with E-state index in [-0.39, 0.29) is 0 Å². The highest BCUT2D eigenvalue weighted by molar-refractivity contribution is 6.23. The highest BCUT2D eigenvalue weighted by Crippen LogP contribution is 2.35. The maximum atomic E-state index is 2.40. The van der Waals surface area contributed by atoms with Gasteiger partial charge in [-0.05, 0) is 50.7 Å². The molecule has 4 aromatic rings. The van der Waals surface area contributed by atoms with Crippen LogP contribution in [-0.2, 0) is 6.42 Å². The molecule has 0 aliphatic heterocycles. The number of benzene rings is 4. The first-order valence-electron chi connectivity index (χ1n) is 8.53. The quantitative estimate of drug-likeness (QED) is 0.282. The van der Waals surface area contributed by atoms with E-state index in [9.17, 15) is 0 Å². The van der Waals surface area contributed by atoms with Crippen LogP contribution in [0.5, 0.6) is 0 Å². The molecule has 0 N–H and O–H groups in total. The van der Waals surface area contributed by atoms with Gasteiger partial charge in [0.05, 0.1) is 0 Å². The number of hydrogen-bond donors (Lipinski definition) is 0. The molecule has 0 saturated heterocycles. The summed E-state index contributed by atoms with van der Waals surface area (Å²) in [6.07, 6.45) is 6.52. The lowest BCUT2D eigenvalue weighted by Gasteiger charge is -2.12. The van der Waals surface area contributed by atoms with Crippen molar-refractivity contribution in [3.8, 4) is 0 Å². The van der Waals surface area contributed by atoms with E-state index in [1.807, 2.05) is 0 Å². The van der Waals surface area contributed by atoms with Crippen molar-refractivity contribution < 1.29 is 0 Å². The summed E-state index contributed by atoms with van der Waals surface area (Å²) >= 11 is 0. The Balaban J connectivity index is 1.83. The van der Waals surface area contributed by atoms with Gasteiger partial charge in [0.1, 0.15) is 0 Å². The molecule has 0 heteroatoms. The number of unbranched alkanes of at least 4 members (excludes halogenated alkanes) is 3. The van der Waals surface area contributed by atoms with Gasteiger partial charge in [-0.15, -0.1) is 0 Å². The Labute approximate surface area is 132 Å². The van der Waals surface area contributed by atoms with Gasteiger partial charge < -0.3 is 0 Å². The van der Waals surface area contributed by atoms with Crippen LogP contribution >= 0.6 is 0 Å².